The van der Waals surface area contributed by atoms with Crippen molar-refractivity contribution in [3.05, 3.63) is 29.3 Å². The lowest BCUT2D eigenvalue weighted by Crippen LogP contribution is -2.42. The summed E-state index contributed by atoms with van der Waals surface area (Å²) in [6, 6.07) is 7.22. The Kier molecular flexibility index (Phi) is 2.60. The van der Waals surface area contributed by atoms with Crippen molar-refractivity contribution in [3.63, 3.8) is 0 Å². The Balaban J connectivity index is 2.01. The lowest BCUT2D eigenvalue weighted by molar-refractivity contribution is 0.313. The maximum atomic E-state index is 5.47. The van der Waals surface area contributed by atoms with Crippen LogP contribution >= 0.6 is 0 Å². The number of ether oxygens (including phenoxy) is 1. The maximum Gasteiger partial charge on any atom is 0.122 e. The average molecular weight is 217 g/mol. The smallest absolute Gasteiger partial charge is 0.122 e. The van der Waals surface area contributed by atoms with Crippen molar-refractivity contribution in [2.24, 2.45) is 0 Å². The van der Waals surface area contributed by atoms with Crippen LogP contribution in [0, 0.1) is 0 Å². The van der Waals surface area contributed by atoms with Crippen molar-refractivity contribution in [1.29, 1.82) is 0 Å². The number of benzene rings is 1. The van der Waals surface area contributed by atoms with Gasteiger partial charge in [0.15, 0.2) is 0 Å². The Morgan fingerprint density at radius 1 is 1.31 bits per heavy atom. The number of piperidine rings is 1. The molecule has 3 rings (SSSR count). The van der Waals surface area contributed by atoms with E-state index in [1.807, 2.05) is 0 Å². The fourth-order valence-electron chi connectivity index (χ4n) is 3.32. The van der Waals surface area contributed by atoms with Crippen LogP contribution in [0.1, 0.15) is 36.3 Å². The van der Waals surface area contributed by atoms with Crippen molar-refractivity contribution < 1.29 is 4.74 Å². The summed E-state index contributed by atoms with van der Waals surface area (Å²) >= 11 is 0. The molecule has 1 aromatic rings. The van der Waals surface area contributed by atoms with Gasteiger partial charge in [-0.1, -0.05) is 12.1 Å². The van der Waals surface area contributed by atoms with Crippen molar-refractivity contribution in [1.82, 2.24) is 5.32 Å². The summed E-state index contributed by atoms with van der Waals surface area (Å²) < 4.78 is 5.47. The summed E-state index contributed by atoms with van der Waals surface area (Å²) in [5, 5.41) is 3.66. The van der Waals surface area contributed by atoms with Gasteiger partial charge in [0.05, 0.1) is 7.11 Å². The molecule has 0 amide bonds. The summed E-state index contributed by atoms with van der Waals surface area (Å²) in [7, 11) is 1.78. The largest absolute Gasteiger partial charge is 0.496 e. The van der Waals surface area contributed by atoms with Gasteiger partial charge in [-0.2, -0.15) is 0 Å². The third-order valence-electron chi connectivity index (χ3n) is 4.08. The molecular weight excluding hydrogens is 198 g/mol. The Hall–Kier alpha value is -1.02. The van der Waals surface area contributed by atoms with Gasteiger partial charge in [-0.3, -0.25) is 0 Å². The summed E-state index contributed by atoms with van der Waals surface area (Å²) in [6.45, 7) is 1.19. The van der Waals surface area contributed by atoms with Crippen LogP contribution in [-0.4, -0.2) is 19.7 Å². The van der Waals surface area contributed by atoms with E-state index in [1.165, 1.54) is 36.9 Å². The molecule has 2 atom stereocenters. The van der Waals surface area contributed by atoms with Gasteiger partial charge in [-0.15, -0.1) is 0 Å². The van der Waals surface area contributed by atoms with E-state index in [4.69, 9.17) is 4.74 Å². The van der Waals surface area contributed by atoms with Crippen LogP contribution in [0.2, 0.25) is 0 Å². The third kappa shape index (κ3) is 1.52. The van der Waals surface area contributed by atoms with Gasteiger partial charge in [0.1, 0.15) is 5.75 Å². The molecule has 2 aliphatic rings. The first-order valence-corrected chi connectivity index (χ1v) is 6.29. The minimum absolute atomic E-state index is 0.702. The first kappa shape index (κ1) is 10.2. The van der Waals surface area contributed by atoms with Crippen molar-refractivity contribution >= 4 is 0 Å². The molecular formula is C14H19NO. The minimum Gasteiger partial charge on any atom is -0.496 e. The van der Waals surface area contributed by atoms with E-state index in [2.05, 4.69) is 23.5 Å². The zero-order chi connectivity index (χ0) is 11.0. The first-order chi connectivity index (χ1) is 7.90. The van der Waals surface area contributed by atoms with Gasteiger partial charge in [0, 0.05) is 6.04 Å². The minimum atomic E-state index is 0.702. The number of hydrogen-bond acceptors (Lipinski definition) is 2. The topological polar surface area (TPSA) is 21.3 Å². The van der Waals surface area contributed by atoms with Crippen LogP contribution in [0.15, 0.2) is 18.2 Å². The second-order valence-corrected chi connectivity index (χ2v) is 4.88. The Morgan fingerprint density at radius 2 is 2.25 bits per heavy atom. The molecule has 16 heavy (non-hydrogen) atoms. The maximum absolute atomic E-state index is 5.47. The van der Waals surface area contributed by atoms with Gasteiger partial charge >= 0.3 is 0 Å². The van der Waals surface area contributed by atoms with Crippen LogP contribution in [0.4, 0.5) is 0 Å². The normalized spacial score (nSPS) is 28.1. The summed E-state index contributed by atoms with van der Waals surface area (Å²) in [5.41, 5.74) is 2.98. The van der Waals surface area contributed by atoms with E-state index in [-0.39, 0.29) is 0 Å². The fraction of sp³-hybridized carbons (Fsp3) is 0.571. The van der Waals surface area contributed by atoms with E-state index in [0.717, 1.165) is 12.2 Å². The lowest BCUT2D eigenvalue weighted by Gasteiger charge is -2.38. The molecule has 1 unspecified atom stereocenters. The quantitative estimate of drug-likeness (QED) is 0.780. The zero-order valence-corrected chi connectivity index (χ0v) is 9.83. The predicted octanol–water partition coefficient (Wildman–Crippen LogP) is 2.48. The van der Waals surface area contributed by atoms with Crippen molar-refractivity contribution in [2.45, 2.75) is 37.6 Å². The molecule has 1 saturated heterocycles. The molecule has 1 aliphatic heterocycles. The highest BCUT2D eigenvalue weighted by molar-refractivity contribution is 5.44. The number of rotatable bonds is 1. The van der Waals surface area contributed by atoms with Crippen LogP contribution in [-0.2, 0) is 6.42 Å². The van der Waals surface area contributed by atoms with Crippen LogP contribution in [0.3, 0.4) is 0 Å². The number of fused-ring (bicyclic) bond motifs is 3. The molecule has 1 aliphatic carbocycles. The highest BCUT2D eigenvalue weighted by atomic mass is 16.5. The SMILES string of the molecule is COc1cccc2c1CC[C@H]1NCCCC21. The van der Waals surface area contributed by atoms with E-state index in [0.29, 0.717) is 12.0 Å². The van der Waals surface area contributed by atoms with Crippen LogP contribution < -0.4 is 10.1 Å². The van der Waals surface area contributed by atoms with Crippen LogP contribution in [0.5, 0.6) is 5.75 Å². The number of nitrogens with one attached hydrogen (secondary N) is 1. The molecule has 0 bridgehead atoms. The fourth-order valence-corrected chi connectivity index (χ4v) is 3.32. The Bertz CT molecular complexity index is 388. The first-order valence-electron chi connectivity index (χ1n) is 6.29. The summed E-state index contributed by atoms with van der Waals surface area (Å²) in [6.07, 6.45) is 5.06. The monoisotopic (exact) mass is 217 g/mol. The highest BCUT2D eigenvalue weighted by Gasteiger charge is 2.32. The Morgan fingerprint density at radius 3 is 3.12 bits per heavy atom. The van der Waals surface area contributed by atoms with Gasteiger partial charge in [0.25, 0.3) is 0 Å². The molecule has 1 aromatic carbocycles. The van der Waals surface area contributed by atoms with Crippen molar-refractivity contribution in [2.75, 3.05) is 13.7 Å². The molecule has 0 spiro atoms. The molecule has 0 radical (unpaired) electrons. The molecule has 2 nitrogen and oxygen atoms in total. The number of methoxy groups -OCH3 is 1. The van der Waals surface area contributed by atoms with Gasteiger partial charge in [0.2, 0.25) is 0 Å². The summed E-state index contributed by atoms with van der Waals surface area (Å²) in [4.78, 5) is 0. The van der Waals surface area contributed by atoms with Gasteiger partial charge in [-0.05, 0) is 55.3 Å². The summed E-state index contributed by atoms with van der Waals surface area (Å²) in [5.74, 6) is 1.80. The molecule has 2 heteroatoms. The second kappa shape index (κ2) is 4.10. The Labute approximate surface area is 97.0 Å². The number of hydrogen-bond donors (Lipinski definition) is 1. The highest BCUT2D eigenvalue weighted by Crippen LogP contribution is 2.40. The van der Waals surface area contributed by atoms with E-state index < -0.39 is 0 Å². The van der Waals surface area contributed by atoms with Gasteiger partial charge < -0.3 is 10.1 Å². The molecule has 1 fully saturated rings. The molecule has 0 saturated carbocycles. The molecule has 1 heterocycles. The standard InChI is InChI=1S/C14H19NO/c1-16-14-6-2-4-10-11-5-3-9-15-13(11)8-7-12(10)14/h2,4,6,11,13,15H,3,5,7-9H2,1H3/t11?,13-/m1/s1. The van der Waals surface area contributed by atoms with E-state index in [1.54, 1.807) is 7.11 Å². The van der Waals surface area contributed by atoms with E-state index in [9.17, 15) is 0 Å². The van der Waals surface area contributed by atoms with Crippen LogP contribution in [0.25, 0.3) is 0 Å². The second-order valence-electron chi connectivity index (χ2n) is 4.88. The molecule has 0 aromatic heterocycles. The lowest BCUT2D eigenvalue weighted by atomic mass is 9.75. The average Bonchev–Trinajstić information content (AvgIpc) is 2.37. The third-order valence-corrected chi connectivity index (χ3v) is 4.08. The zero-order valence-electron chi connectivity index (χ0n) is 9.83. The molecule has 1 N–H and O–H groups in total. The van der Waals surface area contributed by atoms with E-state index >= 15 is 0 Å². The predicted molar refractivity (Wildman–Crippen MR) is 65.1 cm³/mol. The van der Waals surface area contributed by atoms with Crippen molar-refractivity contribution in [3.8, 4) is 5.75 Å². The molecule has 86 valence electrons. The van der Waals surface area contributed by atoms with Gasteiger partial charge in [-0.25, -0.2) is 0 Å².